The molecule has 0 aromatic rings. The van der Waals surface area contributed by atoms with Gasteiger partial charge in [-0.1, -0.05) is 0 Å². The third-order valence-electron chi connectivity index (χ3n) is 1.94. The summed E-state index contributed by atoms with van der Waals surface area (Å²) in [4.78, 5) is 45.3. The Bertz CT molecular complexity index is 333. The summed E-state index contributed by atoms with van der Waals surface area (Å²) < 4.78 is 21.8. The van der Waals surface area contributed by atoms with E-state index in [9.17, 15) is 13.9 Å². The minimum absolute atomic E-state index is 0.345. The van der Waals surface area contributed by atoms with E-state index in [1.807, 2.05) is 0 Å². The molecule has 0 rings (SSSR count). The Kier molecular flexibility index (Phi) is 4.85. The van der Waals surface area contributed by atoms with E-state index >= 15 is 0 Å². The van der Waals surface area contributed by atoms with Crippen molar-refractivity contribution in [2.24, 2.45) is 5.73 Å². The summed E-state index contributed by atoms with van der Waals surface area (Å²) in [5.74, 6) is -1.25. The van der Waals surface area contributed by atoms with Crippen LogP contribution in [0.4, 0.5) is 0 Å². The van der Waals surface area contributed by atoms with E-state index in [0.29, 0.717) is 0 Å². The highest BCUT2D eigenvalue weighted by atomic mass is 31.2. The smallest absolute Gasteiger partial charge is 0.357 e. The normalized spacial score (nSPS) is 13.8. The molecule has 0 radical (unpaired) electrons. The van der Waals surface area contributed by atoms with Gasteiger partial charge in [-0.25, -0.2) is 0 Å². The number of carboxylic acid groups (broad SMARTS) is 1. The fraction of sp³-hybridized carbons (Fsp3) is 0.800. The van der Waals surface area contributed by atoms with Crippen molar-refractivity contribution >= 4 is 21.2 Å². The Morgan fingerprint density at radius 2 is 1.50 bits per heavy atom. The van der Waals surface area contributed by atoms with E-state index in [0.717, 1.165) is 0 Å². The molecule has 0 unspecified atom stereocenters. The molecule has 0 amide bonds. The maximum atomic E-state index is 10.9. The summed E-state index contributed by atoms with van der Waals surface area (Å²) in [7, 11) is -10.5. The average Bonchev–Trinajstić information content (AvgIpc) is 1.98. The van der Waals surface area contributed by atoms with Crippen molar-refractivity contribution in [1.29, 1.82) is 0 Å². The second kappa shape index (κ2) is 4.93. The Morgan fingerprint density at radius 3 is 1.75 bits per heavy atom. The highest BCUT2D eigenvalue weighted by molar-refractivity contribution is 7.72. The second-order valence-corrected chi connectivity index (χ2v) is 7.34. The highest BCUT2D eigenvalue weighted by Gasteiger charge is 2.56. The number of carboxylic acids is 1. The Labute approximate surface area is 90.6 Å². The minimum Gasteiger partial charge on any atom is -0.481 e. The van der Waals surface area contributed by atoms with Crippen LogP contribution in [0.2, 0.25) is 0 Å². The zero-order valence-corrected chi connectivity index (χ0v) is 9.84. The Balaban J connectivity index is 4.93. The molecule has 0 saturated heterocycles. The predicted octanol–water partition coefficient (Wildman–Crippen LogP) is -0.791. The molecular formula is C5H13NO8P2. The largest absolute Gasteiger partial charge is 0.481 e. The molecule has 96 valence electrons. The molecule has 0 aromatic carbocycles. The Hall–Kier alpha value is -0.270. The lowest BCUT2D eigenvalue weighted by atomic mass is 10.2. The summed E-state index contributed by atoms with van der Waals surface area (Å²) in [6.07, 6.45) is -1.62. The van der Waals surface area contributed by atoms with Crippen LogP contribution < -0.4 is 5.73 Å². The molecule has 0 bridgehead atoms. The van der Waals surface area contributed by atoms with E-state index in [-0.39, 0.29) is 6.42 Å². The van der Waals surface area contributed by atoms with Crippen molar-refractivity contribution in [1.82, 2.24) is 0 Å². The number of hydrogen-bond acceptors (Lipinski definition) is 4. The standard InChI is InChI=1S/C5H13NO8P2/c6-5(15(9,10)11,16(12,13)14)3-1-2-4(7)8/h1-3,6H2,(H,7,8)(H2,9,10,11)(H2,12,13,14). The first-order valence-electron chi connectivity index (χ1n) is 4.04. The van der Waals surface area contributed by atoms with Crippen molar-refractivity contribution in [2.75, 3.05) is 0 Å². The molecule has 0 aliphatic heterocycles. The van der Waals surface area contributed by atoms with Gasteiger partial charge in [0.15, 0.2) is 0 Å². The molecule has 0 aromatic heterocycles. The lowest BCUT2D eigenvalue weighted by Crippen LogP contribution is -2.39. The first kappa shape index (κ1) is 15.7. The first-order chi connectivity index (χ1) is 6.92. The molecule has 7 N–H and O–H groups in total. The molecule has 0 spiro atoms. The molecule has 9 nitrogen and oxygen atoms in total. The van der Waals surface area contributed by atoms with E-state index in [4.69, 9.17) is 30.4 Å². The van der Waals surface area contributed by atoms with Crippen LogP contribution in [0.15, 0.2) is 0 Å². The Morgan fingerprint density at radius 1 is 1.12 bits per heavy atom. The molecule has 16 heavy (non-hydrogen) atoms. The topological polar surface area (TPSA) is 178 Å². The van der Waals surface area contributed by atoms with E-state index in [1.165, 1.54) is 0 Å². The van der Waals surface area contributed by atoms with Gasteiger partial charge in [0, 0.05) is 6.42 Å². The number of carbonyl (C=O) groups is 1. The summed E-state index contributed by atoms with van der Waals surface area (Å²) >= 11 is 0. The van der Waals surface area contributed by atoms with Gasteiger partial charge in [-0.05, 0) is 12.8 Å². The first-order valence-corrected chi connectivity index (χ1v) is 7.26. The van der Waals surface area contributed by atoms with Gasteiger partial charge in [-0.15, -0.1) is 0 Å². The molecule has 0 heterocycles. The van der Waals surface area contributed by atoms with Crippen LogP contribution in [0.5, 0.6) is 0 Å². The van der Waals surface area contributed by atoms with E-state index in [1.54, 1.807) is 0 Å². The fourth-order valence-electron chi connectivity index (χ4n) is 0.961. The maximum Gasteiger partial charge on any atom is 0.357 e. The summed E-state index contributed by atoms with van der Waals surface area (Å²) in [5, 5.41) is 5.27. The van der Waals surface area contributed by atoms with Gasteiger partial charge in [-0.3, -0.25) is 13.9 Å². The van der Waals surface area contributed by atoms with Crippen LogP contribution in [0.3, 0.4) is 0 Å². The third-order valence-corrected chi connectivity index (χ3v) is 5.97. The van der Waals surface area contributed by atoms with Crippen molar-refractivity contribution < 1.29 is 38.6 Å². The van der Waals surface area contributed by atoms with Crippen molar-refractivity contribution in [3.63, 3.8) is 0 Å². The van der Waals surface area contributed by atoms with Gasteiger partial charge in [0.05, 0.1) is 0 Å². The highest BCUT2D eigenvalue weighted by Crippen LogP contribution is 2.67. The van der Waals surface area contributed by atoms with Gasteiger partial charge in [0.1, 0.15) is 0 Å². The van der Waals surface area contributed by atoms with Crippen LogP contribution >= 0.6 is 15.2 Å². The SMILES string of the molecule is NC(CCCC(=O)O)(P(=O)(O)O)P(=O)(O)O. The number of hydrogen-bond donors (Lipinski definition) is 6. The zero-order chi connectivity index (χ0) is 13.2. The molecule has 0 aliphatic carbocycles. The van der Waals surface area contributed by atoms with Gasteiger partial charge in [0.2, 0.25) is 5.02 Å². The predicted molar refractivity (Wildman–Crippen MR) is 52.5 cm³/mol. The maximum absolute atomic E-state index is 10.9. The summed E-state index contributed by atoms with van der Waals surface area (Å²) in [6, 6.07) is 0. The van der Waals surface area contributed by atoms with Crippen LogP contribution in [-0.2, 0) is 13.9 Å². The average molecular weight is 277 g/mol. The number of rotatable bonds is 6. The van der Waals surface area contributed by atoms with Crippen molar-refractivity contribution in [3.05, 3.63) is 0 Å². The van der Waals surface area contributed by atoms with Crippen LogP contribution in [0.25, 0.3) is 0 Å². The monoisotopic (exact) mass is 277 g/mol. The molecule has 0 aliphatic rings. The third kappa shape index (κ3) is 3.64. The number of aliphatic carboxylic acids is 1. The van der Waals surface area contributed by atoms with Crippen molar-refractivity contribution in [2.45, 2.75) is 24.3 Å². The van der Waals surface area contributed by atoms with Gasteiger partial charge < -0.3 is 30.4 Å². The second-order valence-electron chi connectivity index (χ2n) is 3.21. The molecular weight excluding hydrogens is 264 g/mol. The minimum atomic E-state index is -5.25. The van der Waals surface area contributed by atoms with Crippen LogP contribution in [0, 0.1) is 0 Å². The fourth-order valence-corrected chi connectivity index (χ4v) is 3.22. The number of nitrogens with two attached hydrogens (primary N) is 1. The van der Waals surface area contributed by atoms with Gasteiger partial charge in [0.25, 0.3) is 0 Å². The quantitative estimate of drug-likeness (QED) is 0.339. The van der Waals surface area contributed by atoms with Gasteiger partial charge in [-0.2, -0.15) is 0 Å². The summed E-state index contributed by atoms with van der Waals surface area (Å²) in [5.41, 5.74) is 5.02. The lowest BCUT2D eigenvalue weighted by molar-refractivity contribution is -0.137. The molecule has 0 saturated carbocycles. The van der Waals surface area contributed by atoms with E-state index < -0.39 is 39.0 Å². The van der Waals surface area contributed by atoms with Crippen LogP contribution in [-0.4, -0.2) is 35.7 Å². The zero-order valence-electron chi connectivity index (χ0n) is 8.05. The van der Waals surface area contributed by atoms with Crippen molar-refractivity contribution in [3.8, 4) is 0 Å². The molecule has 11 heteroatoms. The van der Waals surface area contributed by atoms with E-state index in [2.05, 4.69) is 0 Å². The molecule has 0 fully saturated rings. The van der Waals surface area contributed by atoms with Gasteiger partial charge >= 0.3 is 21.2 Å². The summed E-state index contributed by atoms with van der Waals surface area (Å²) in [6.45, 7) is 0. The lowest BCUT2D eigenvalue weighted by Gasteiger charge is -2.30. The molecule has 0 atom stereocenters. The van der Waals surface area contributed by atoms with Crippen LogP contribution in [0.1, 0.15) is 19.3 Å².